The van der Waals surface area contributed by atoms with Gasteiger partial charge in [-0.1, -0.05) is 39.5 Å². The van der Waals surface area contributed by atoms with E-state index < -0.39 is 0 Å². The zero-order valence-electron chi connectivity index (χ0n) is 15.7. The van der Waals surface area contributed by atoms with Gasteiger partial charge in [-0.25, -0.2) is 0 Å². The van der Waals surface area contributed by atoms with Gasteiger partial charge in [0.25, 0.3) is 0 Å². The highest BCUT2D eigenvalue weighted by atomic mass is 16.2. The summed E-state index contributed by atoms with van der Waals surface area (Å²) in [6.45, 7) is 9.20. The second kappa shape index (κ2) is 14.5. The fraction of sp³-hybridized carbons (Fsp3) is 0.895. The molecule has 0 radical (unpaired) electrons. The van der Waals surface area contributed by atoms with Crippen molar-refractivity contribution in [2.75, 3.05) is 6.54 Å². The summed E-state index contributed by atoms with van der Waals surface area (Å²) in [5, 5.41) is 5.90. The van der Waals surface area contributed by atoms with Crippen LogP contribution in [-0.4, -0.2) is 24.4 Å². The zero-order chi connectivity index (χ0) is 17.5. The molecule has 4 heteroatoms. The molecular weight excluding hydrogens is 288 g/mol. The van der Waals surface area contributed by atoms with Crippen molar-refractivity contribution in [2.45, 2.75) is 97.9 Å². The first-order chi connectivity index (χ1) is 10.9. The predicted molar refractivity (Wildman–Crippen MR) is 97.3 cm³/mol. The van der Waals surface area contributed by atoms with Gasteiger partial charge in [0, 0.05) is 25.4 Å². The van der Waals surface area contributed by atoms with Crippen molar-refractivity contribution in [1.29, 1.82) is 0 Å². The fourth-order valence-electron chi connectivity index (χ4n) is 2.50. The summed E-state index contributed by atoms with van der Waals surface area (Å²) in [5.74, 6) is 1.07. The van der Waals surface area contributed by atoms with E-state index >= 15 is 0 Å². The molecule has 2 amide bonds. The molecule has 0 saturated heterocycles. The maximum absolute atomic E-state index is 11.6. The molecule has 0 aliphatic carbocycles. The van der Waals surface area contributed by atoms with Gasteiger partial charge in [0.1, 0.15) is 0 Å². The van der Waals surface area contributed by atoms with E-state index in [-0.39, 0.29) is 17.9 Å². The number of carbonyl (C=O) groups is 2. The van der Waals surface area contributed by atoms with E-state index in [9.17, 15) is 9.59 Å². The monoisotopic (exact) mass is 326 g/mol. The molecule has 0 saturated carbocycles. The maximum atomic E-state index is 11.6. The SMILES string of the molecule is CC(C)CCCNC(=O)CCCCCCCCC(=O)NC(C)C. The van der Waals surface area contributed by atoms with E-state index in [2.05, 4.69) is 24.5 Å². The molecule has 0 rings (SSSR count). The number of hydrogen-bond acceptors (Lipinski definition) is 2. The molecule has 0 bridgehead atoms. The van der Waals surface area contributed by atoms with Crippen LogP contribution in [0, 0.1) is 5.92 Å². The van der Waals surface area contributed by atoms with Crippen molar-refractivity contribution >= 4 is 11.8 Å². The predicted octanol–water partition coefficient (Wildman–Crippen LogP) is 4.18. The molecule has 0 aromatic rings. The molecule has 0 aromatic carbocycles. The van der Waals surface area contributed by atoms with Crippen molar-refractivity contribution in [3.63, 3.8) is 0 Å². The Kier molecular flexibility index (Phi) is 13.9. The molecule has 0 fully saturated rings. The van der Waals surface area contributed by atoms with Crippen molar-refractivity contribution in [3.05, 3.63) is 0 Å². The third kappa shape index (κ3) is 17.1. The van der Waals surface area contributed by atoms with E-state index in [0.717, 1.165) is 51.5 Å². The number of hydrogen-bond donors (Lipinski definition) is 2. The lowest BCUT2D eigenvalue weighted by Gasteiger charge is -2.08. The second-order valence-corrected chi connectivity index (χ2v) is 7.23. The quantitative estimate of drug-likeness (QED) is 0.470. The van der Waals surface area contributed by atoms with Gasteiger partial charge in [0.2, 0.25) is 11.8 Å². The Morgan fingerprint density at radius 3 is 1.78 bits per heavy atom. The van der Waals surface area contributed by atoms with Crippen LogP contribution < -0.4 is 10.6 Å². The zero-order valence-corrected chi connectivity index (χ0v) is 15.7. The van der Waals surface area contributed by atoms with Gasteiger partial charge >= 0.3 is 0 Å². The average Bonchev–Trinajstić information content (AvgIpc) is 2.45. The van der Waals surface area contributed by atoms with E-state index in [1.165, 1.54) is 6.42 Å². The first kappa shape index (κ1) is 21.9. The lowest BCUT2D eigenvalue weighted by atomic mass is 10.1. The van der Waals surface area contributed by atoms with E-state index in [1.54, 1.807) is 0 Å². The Hall–Kier alpha value is -1.06. The lowest BCUT2D eigenvalue weighted by Crippen LogP contribution is -2.29. The number of amides is 2. The van der Waals surface area contributed by atoms with E-state index in [0.29, 0.717) is 18.8 Å². The molecule has 0 unspecified atom stereocenters. The molecule has 2 N–H and O–H groups in total. The van der Waals surface area contributed by atoms with E-state index in [1.807, 2.05) is 13.8 Å². The van der Waals surface area contributed by atoms with Crippen LogP contribution in [0.2, 0.25) is 0 Å². The Morgan fingerprint density at radius 2 is 1.26 bits per heavy atom. The summed E-state index contributed by atoms with van der Waals surface area (Å²) in [6, 6.07) is 0.235. The largest absolute Gasteiger partial charge is 0.356 e. The molecule has 23 heavy (non-hydrogen) atoms. The highest BCUT2D eigenvalue weighted by molar-refractivity contribution is 5.76. The van der Waals surface area contributed by atoms with Crippen LogP contribution in [0.3, 0.4) is 0 Å². The average molecular weight is 327 g/mol. The molecule has 0 aliphatic heterocycles. The first-order valence-electron chi connectivity index (χ1n) is 9.48. The van der Waals surface area contributed by atoms with Crippen molar-refractivity contribution < 1.29 is 9.59 Å². The molecule has 136 valence electrons. The molecule has 0 spiro atoms. The maximum Gasteiger partial charge on any atom is 0.220 e. The number of carbonyl (C=O) groups excluding carboxylic acids is 2. The molecule has 0 heterocycles. The van der Waals surface area contributed by atoms with Crippen LogP contribution >= 0.6 is 0 Å². The smallest absolute Gasteiger partial charge is 0.220 e. The van der Waals surface area contributed by atoms with Crippen LogP contribution in [0.5, 0.6) is 0 Å². The Morgan fingerprint density at radius 1 is 0.739 bits per heavy atom. The number of nitrogens with one attached hydrogen (secondary N) is 2. The first-order valence-corrected chi connectivity index (χ1v) is 9.48. The minimum absolute atomic E-state index is 0.161. The minimum Gasteiger partial charge on any atom is -0.356 e. The summed E-state index contributed by atoms with van der Waals surface area (Å²) in [5.41, 5.74) is 0. The Balaban J connectivity index is 3.29. The van der Waals surface area contributed by atoms with Crippen LogP contribution in [0.4, 0.5) is 0 Å². The van der Waals surface area contributed by atoms with Crippen molar-refractivity contribution in [3.8, 4) is 0 Å². The third-order valence-electron chi connectivity index (χ3n) is 3.79. The molecule has 4 nitrogen and oxygen atoms in total. The summed E-state index contributed by atoms with van der Waals surface area (Å²) >= 11 is 0. The van der Waals surface area contributed by atoms with Gasteiger partial charge in [-0.05, 0) is 45.4 Å². The Labute approximate surface area is 143 Å². The van der Waals surface area contributed by atoms with Crippen molar-refractivity contribution in [1.82, 2.24) is 10.6 Å². The summed E-state index contributed by atoms with van der Waals surface area (Å²) < 4.78 is 0. The summed E-state index contributed by atoms with van der Waals surface area (Å²) in [4.78, 5) is 23.1. The Bertz CT molecular complexity index is 314. The fourth-order valence-corrected chi connectivity index (χ4v) is 2.50. The highest BCUT2D eigenvalue weighted by Crippen LogP contribution is 2.09. The van der Waals surface area contributed by atoms with Gasteiger partial charge in [-0.3, -0.25) is 9.59 Å². The van der Waals surface area contributed by atoms with Crippen LogP contribution in [0.15, 0.2) is 0 Å². The molecule has 0 aliphatic rings. The van der Waals surface area contributed by atoms with Gasteiger partial charge in [0.15, 0.2) is 0 Å². The minimum atomic E-state index is 0.161. The molecule has 0 aromatic heterocycles. The topological polar surface area (TPSA) is 58.2 Å². The highest BCUT2D eigenvalue weighted by Gasteiger charge is 2.03. The molecular formula is C19H38N2O2. The van der Waals surface area contributed by atoms with Crippen molar-refractivity contribution in [2.24, 2.45) is 5.92 Å². The summed E-state index contributed by atoms with van der Waals surface area (Å²) in [7, 11) is 0. The van der Waals surface area contributed by atoms with Gasteiger partial charge < -0.3 is 10.6 Å². The van der Waals surface area contributed by atoms with Crippen LogP contribution in [0.1, 0.15) is 91.9 Å². The van der Waals surface area contributed by atoms with Gasteiger partial charge in [-0.15, -0.1) is 0 Å². The second-order valence-electron chi connectivity index (χ2n) is 7.23. The summed E-state index contributed by atoms with van der Waals surface area (Å²) in [6.07, 6.45) is 10.0. The van der Waals surface area contributed by atoms with Gasteiger partial charge in [-0.2, -0.15) is 0 Å². The number of unbranched alkanes of at least 4 members (excludes halogenated alkanes) is 5. The molecule has 0 atom stereocenters. The number of rotatable bonds is 14. The normalized spacial score (nSPS) is 11.0. The lowest BCUT2D eigenvalue weighted by molar-refractivity contribution is -0.122. The third-order valence-corrected chi connectivity index (χ3v) is 3.79. The van der Waals surface area contributed by atoms with Gasteiger partial charge in [0.05, 0.1) is 0 Å². The standard InChI is InChI=1S/C19H38N2O2/c1-16(2)12-11-15-20-18(22)13-9-7-5-6-8-10-14-19(23)21-17(3)4/h16-17H,5-15H2,1-4H3,(H,20,22)(H,21,23). The van der Waals surface area contributed by atoms with E-state index in [4.69, 9.17) is 0 Å². The van der Waals surface area contributed by atoms with Crippen LogP contribution in [-0.2, 0) is 9.59 Å². The van der Waals surface area contributed by atoms with Crippen LogP contribution in [0.25, 0.3) is 0 Å².